The van der Waals surface area contributed by atoms with Crippen LogP contribution >= 0.6 is 15.9 Å². The molecule has 1 aromatic carbocycles. The largest absolute Gasteiger partial charge is 0.379 e. The van der Waals surface area contributed by atoms with Gasteiger partial charge in [0.25, 0.3) is 5.91 Å². The van der Waals surface area contributed by atoms with E-state index < -0.39 is 0 Å². The molecule has 1 aromatic rings. The number of carbonyl (C=O) groups excluding carboxylic acids is 1. The van der Waals surface area contributed by atoms with Gasteiger partial charge >= 0.3 is 0 Å². The van der Waals surface area contributed by atoms with Crippen LogP contribution in [0.4, 0.5) is 5.69 Å². The highest BCUT2D eigenvalue weighted by atomic mass is 79.9. The molecule has 2 saturated heterocycles. The van der Waals surface area contributed by atoms with E-state index in [9.17, 15) is 4.79 Å². The number of hydrogen-bond acceptors (Lipinski definition) is 6. The molecule has 8 heteroatoms. The summed E-state index contributed by atoms with van der Waals surface area (Å²) in [4.78, 5) is 14.8. The van der Waals surface area contributed by atoms with Crippen LogP contribution in [0.5, 0.6) is 0 Å². The molecule has 0 radical (unpaired) electrons. The molecule has 3 aliphatic heterocycles. The topological polar surface area (TPSA) is 68.9 Å². The highest BCUT2D eigenvalue weighted by Gasteiger charge is 2.39. The molecule has 0 saturated carbocycles. The van der Waals surface area contributed by atoms with Crippen molar-refractivity contribution in [2.75, 3.05) is 31.3 Å². The van der Waals surface area contributed by atoms with Crippen LogP contribution in [0.1, 0.15) is 11.1 Å². The fraction of sp³-hybridized carbons (Fsp3) is 0.471. The molecule has 0 spiro atoms. The summed E-state index contributed by atoms with van der Waals surface area (Å²) in [7, 11) is 0. The molecule has 0 aliphatic carbocycles. The van der Waals surface area contributed by atoms with Crippen molar-refractivity contribution in [3.63, 3.8) is 0 Å². The summed E-state index contributed by atoms with van der Waals surface area (Å²) in [5.41, 5.74) is 7.46. The number of benzene rings is 1. The minimum atomic E-state index is -0.205. The van der Waals surface area contributed by atoms with Crippen molar-refractivity contribution in [2.45, 2.75) is 26.3 Å². The monoisotopic (exact) mass is 407 g/mol. The molecule has 3 heterocycles. The van der Waals surface area contributed by atoms with Gasteiger partial charge < -0.3 is 10.1 Å². The minimum Gasteiger partial charge on any atom is -0.379 e. The van der Waals surface area contributed by atoms with Gasteiger partial charge in [0, 0.05) is 23.8 Å². The van der Waals surface area contributed by atoms with E-state index in [-0.39, 0.29) is 18.4 Å². The second kappa shape index (κ2) is 6.69. The molecular weight excluding hydrogens is 386 g/mol. The van der Waals surface area contributed by atoms with Crippen molar-refractivity contribution >= 4 is 27.5 Å². The first-order valence-corrected chi connectivity index (χ1v) is 9.25. The second-order valence-corrected chi connectivity index (χ2v) is 7.51. The zero-order valence-electron chi connectivity index (χ0n) is 14.3. The average Bonchev–Trinajstić information content (AvgIpc) is 2.99. The smallest absolute Gasteiger partial charge is 0.254 e. The molecule has 3 N–H and O–H groups in total. The zero-order valence-corrected chi connectivity index (χ0v) is 15.9. The van der Waals surface area contributed by atoms with Crippen molar-refractivity contribution in [2.24, 2.45) is 0 Å². The first-order valence-electron chi connectivity index (χ1n) is 8.45. The molecule has 3 aliphatic rings. The van der Waals surface area contributed by atoms with E-state index in [0.29, 0.717) is 18.8 Å². The summed E-state index contributed by atoms with van der Waals surface area (Å²) in [5, 5.41) is 8.47. The lowest BCUT2D eigenvalue weighted by Crippen LogP contribution is -2.68. The first kappa shape index (κ1) is 17.0. The third-order valence-electron chi connectivity index (χ3n) is 4.81. The molecule has 134 valence electrons. The van der Waals surface area contributed by atoms with Crippen molar-refractivity contribution < 1.29 is 9.53 Å². The lowest BCUT2D eigenvalue weighted by atomic mass is 10.1. The van der Waals surface area contributed by atoms with Crippen molar-refractivity contribution in [3.8, 4) is 0 Å². The third kappa shape index (κ3) is 3.20. The van der Waals surface area contributed by atoms with Crippen LogP contribution < -0.4 is 21.1 Å². The zero-order chi connectivity index (χ0) is 17.6. The number of aryl methyl sites for hydroxylation is 2. The summed E-state index contributed by atoms with van der Waals surface area (Å²) in [6.45, 7) is 7.13. The van der Waals surface area contributed by atoms with Crippen LogP contribution in [-0.4, -0.2) is 49.6 Å². The van der Waals surface area contributed by atoms with Gasteiger partial charge in [-0.3, -0.25) is 20.0 Å². The number of amides is 1. The second-order valence-electron chi connectivity index (χ2n) is 6.60. The van der Waals surface area contributed by atoms with Gasteiger partial charge in [0.15, 0.2) is 0 Å². The number of rotatable bonds is 2. The van der Waals surface area contributed by atoms with E-state index in [2.05, 4.69) is 62.9 Å². The van der Waals surface area contributed by atoms with E-state index in [0.717, 1.165) is 34.4 Å². The molecule has 25 heavy (non-hydrogen) atoms. The summed E-state index contributed by atoms with van der Waals surface area (Å²) in [6, 6.07) is 4.16. The van der Waals surface area contributed by atoms with E-state index in [4.69, 9.17) is 4.74 Å². The Balaban J connectivity index is 1.55. The highest BCUT2D eigenvalue weighted by Crippen LogP contribution is 2.31. The number of anilines is 1. The van der Waals surface area contributed by atoms with Crippen LogP contribution in [0.15, 0.2) is 28.4 Å². The maximum atomic E-state index is 12.6. The predicted molar refractivity (Wildman–Crippen MR) is 98.6 cm³/mol. The van der Waals surface area contributed by atoms with Crippen LogP contribution in [0, 0.1) is 13.8 Å². The van der Waals surface area contributed by atoms with Gasteiger partial charge in [-0.2, -0.15) is 0 Å². The number of morpholine rings is 1. The lowest BCUT2D eigenvalue weighted by molar-refractivity contribution is -0.123. The van der Waals surface area contributed by atoms with Gasteiger partial charge in [-0.1, -0.05) is 15.9 Å². The summed E-state index contributed by atoms with van der Waals surface area (Å²) in [6.07, 6.45) is 1.49. The van der Waals surface area contributed by atoms with E-state index >= 15 is 0 Å². The molecule has 0 bridgehead atoms. The number of fused-ring (bicyclic) bond motifs is 1. The average molecular weight is 408 g/mol. The Hall–Kier alpha value is -1.45. The molecule has 4 rings (SSSR count). The van der Waals surface area contributed by atoms with Gasteiger partial charge in [0.1, 0.15) is 12.5 Å². The van der Waals surface area contributed by atoms with Gasteiger partial charge in [0.2, 0.25) is 0 Å². The number of ether oxygens (including phenoxy) is 1. The number of hydrogen-bond donors (Lipinski definition) is 3. The van der Waals surface area contributed by atoms with E-state index in [1.165, 1.54) is 0 Å². The van der Waals surface area contributed by atoms with Crippen LogP contribution in [0.2, 0.25) is 0 Å². The highest BCUT2D eigenvalue weighted by molar-refractivity contribution is 9.10. The quantitative estimate of drug-likeness (QED) is 0.677. The third-order valence-corrected chi connectivity index (χ3v) is 5.27. The normalized spacial score (nSPS) is 27.1. The molecule has 2 fully saturated rings. The van der Waals surface area contributed by atoms with Crippen LogP contribution in [-0.2, 0) is 9.53 Å². The summed E-state index contributed by atoms with van der Waals surface area (Å²) in [5.74, 6) is -0.0392. The maximum Gasteiger partial charge on any atom is 0.254 e. The molecular formula is C17H22BrN5O2. The maximum absolute atomic E-state index is 12.6. The molecule has 7 nitrogen and oxygen atoms in total. The Bertz CT molecular complexity index is 709. The molecule has 2 unspecified atom stereocenters. The SMILES string of the molecule is Cc1cc(Br)cc(C)c1N1C=C2C(=O)NC(N3CCOCC3)NC2N1. The summed E-state index contributed by atoms with van der Waals surface area (Å²) < 4.78 is 6.45. The Morgan fingerprint density at radius 1 is 1.20 bits per heavy atom. The van der Waals surface area contributed by atoms with E-state index in [1.807, 2.05) is 11.2 Å². The fourth-order valence-electron chi connectivity index (χ4n) is 3.63. The standard InChI is InChI=1S/C17H22BrN5O2/c1-10-7-12(18)8-11(2)14(10)23-9-13-15(21-23)19-17(20-16(13)24)22-3-5-25-6-4-22/h7-9,15,17,19,21H,3-6H2,1-2H3,(H,20,24). The Labute approximate surface area is 155 Å². The number of nitrogens with one attached hydrogen (secondary N) is 3. The van der Waals surface area contributed by atoms with Crippen molar-refractivity contribution in [1.82, 2.24) is 21.0 Å². The number of halogens is 1. The fourth-order valence-corrected chi connectivity index (χ4v) is 4.31. The first-order chi connectivity index (χ1) is 12.0. The predicted octanol–water partition coefficient (Wildman–Crippen LogP) is 0.936. The number of nitrogens with zero attached hydrogens (tertiary/aromatic N) is 2. The van der Waals surface area contributed by atoms with Crippen molar-refractivity contribution in [1.29, 1.82) is 0 Å². The Kier molecular flexibility index (Phi) is 4.55. The number of carbonyl (C=O) groups is 1. The number of hydrazine groups is 1. The van der Waals surface area contributed by atoms with E-state index in [1.54, 1.807) is 0 Å². The van der Waals surface area contributed by atoms with Crippen LogP contribution in [0.25, 0.3) is 0 Å². The lowest BCUT2D eigenvalue weighted by Gasteiger charge is -2.40. The van der Waals surface area contributed by atoms with Gasteiger partial charge in [-0.05, 0) is 37.1 Å². The Morgan fingerprint density at radius 3 is 2.56 bits per heavy atom. The summed E-state index contributed by atoms with van der Waals surface area (Å²) >= 11 is 3.53. The minimum absolute atomic E-state index is 0.0392. The Morgan fingerprint density at radius 2 is 1.88 bits per heavy atom. The molecule has 2 atom stereocenters. The van der Waals surface area contributed by atoms with Gasteiger partial charge in [-0.15, -0.1) is 0 Å². The van der Waals surface area contributed by atoms with Gasteiger partial charge in [-0.25, -0.2) is 5.43 Å². The van der Waals surface area contributed by atoms with Crippen LogP contribution in [0.3, 0.4) is 0 Å². The van der Waals surface area contributed by atoms with Gasteiger partial charge in [0.05, 0.1) is 24.5 Å². The van der Waals surface area contributed by atoms with Crippen molar-refractivity contribution in [3.05, 3.63) is 39.5 Å². The molecule has 0 aromatic heterocycles. The molecule has 1 amide bonds.